The molecule has 1 heterocycles. The van der Waals surface area contributed by atoms with E-state index >= 15 is 0 Å². The van der Waals surface area contributed by atoms with Crippen molar-refractivity contribution in [2.75, 3.05) is 35.0 Å². The second kappa shape index (κ2) is 24.8. The van der Waals surface area contributed by atoms with Crippen LogP contribution >= 0.6 is 20.2 Å². The van der Waals surface area contributed by atoms with Gasteiger partial charge >= 0.3 is 8.60 Å². The highest BCUT2D eigenvalue weighted by molar-refractivity contribution is 7.42. The number of allylic oxidation sites excluding steroid dienone is 2. The van der Waals surface area contributed by atoms with Crippen LogP contribution in [0.15, 0.2) is 48.0 Å². The number of aliphatic hydroxyl groups excluding tert-OH is 1. The Morgan fingerprint density at radius 3 is 2.29 bits per heavy atom. The Morgan fingerprint density at radius 2 is 1.70 bits per heavy atom. The highest BCUT2D eigenvalue weighted by Crippen LogP contribution is 2.52. The maximum Gasteiger partial charge on any atom is 0.397 e. The number of methoxy groups -OCH3 is 2. The third kappa shape index (κ3) is 15.7. The quantitative estimate of drug-likeness (QED) is 0.0541. The van der Waals surface area contributed by atoms with Gasteiger partial charge in [0.25, 0.3) is 0 Å². The first-order valence-corrected chi connectivity index (χ1v) is 23.4. The van der Waals surface area contributed by atoms with Crippen LogP contribution in [0.25, 0.3) is 11.8 Å². The first-order valence-electron chi connectivity index (χ1n) is 21.9. The van der Waals surface area contributed by atoms with Crippen LogP contribution in [0, 0.1) is 23.7 Å². The molecule has 2 N–H and O–H groups in total. The van der Waals surface area contributed by atoms with E-state index in [0.717, 1.165) is 41.9 Å². The number of rotatable bonds is 16. The molecule has 1 saturated heterocycles. The monoisotopic (exact) mass is 922 g/mol. The number of aldehydes is 1. The van der Waals surface area contributed by atoms with Crippen molar-refractivity contribution in [1.29, 1.82) is 0 Å². The lowest BCUT2D eigenvalue weighted by molar-refractivity contribution is -0.224. The van der Waals surface area contributed by atoms with E-state index in [1.807, 2.05) is 57.2 Å². The number of fused-ring (bicyclic) bond motifs is 3. The average Bonchev–Trinajstić information content (AvgIpc) is 3.52. The summed E-state index contributed by atoms with van der Waals surface area (Å²) >= 11 is 7.19. The molecule has 0 aromatic heterocycles. The van der Waals surface area contributed by atoms with Gasteiger partial charge in [-0.1, -0.05) is 43.6 Å². The number of aliphatic hydroxyl groups is 2. The largest absolute Gasteiger partial charge is 0.496 e. The third-order valence-corrected chi connectivity index (χ3v) is 12.7. The normalized spacial score (nSPS) is 28.0. The number of halogens is 1. The molecule has 10 unspecified atom stereocenters. The standard InChI is InChI=1S/C42H56ClO10P.C4H10O2.C2H6O/c1-25-18-28-20-26(2)36(30(19-25)21-28)39(46-7)33-16-13-29(10-9-17-44)38(37(33)43)48-24-27-11-14-31(15-12-27)52-54(47-8)53-35-23-32(49-41(3,4)45)22-34-40(35)51-42(5,6)50-34;1-3-6-4(2)5;1-3-2/h9-17,25-26,28,30,32,34-35,40,45H,18-24H2,1-8H3;4-5H,3H2,1-2H3;1-2H3/b10-9+,39-36-;;. The number of carbonyl (C=O) groups is 1. The SMILES string of the molecule is CCOC(C)O.CO/C(=C1/C(C)CC2CC(C)CC1C2)c1ccc(/C=C/C=O)c(OCc2ccc(OP(OC)OC3CC(OC(C)(C)O)CC4OC(C)(C)OC34)cc2)c1Cl.COC. The molecule has 13 nitrogen and oxygen atoms in total. The van der Waals surface area contributed by atoms with Gasteiger partial charge in [-0.3, -0.25) is 9.32 Å². The van der Waals surface area contributed by atoms with Gasteiger partial charge < -0.3 is 52.4 Å². The molecule has 15 heteroatoms. The summed E-state index contributed by atoms with van der Waals surface area (Å²) in [5.41, 5.74) is 3.72. The predicted molar refractivity (Wildman–Crippen MR) is 245 cm³/mol. The molecule has 4 aliphatic rings. The summed E-state index contributed by atoms with van der Waals surface area (Å²) in [6.07, 6.45) is 7.77. The molecule has 4 fully saturated rings. The second-order valence-electron chi connectivity index (χ2n) is 17.7. The van der Waals surface area contributed by atoms with Gasteiger partial charge in [0.05, 0.1) is 30.4 Å². The molecule has 0 radical (unpaired) electrons. The van der Waals surface area contributed by atoms with Crippen LogP contribution in [0.2, 0.25) is 5.02 Å². The van der Waals surface area contributed by atoms with Crippen molar-refractivity contribution in [3.8, 4) is 11.5 Å². The van der Waals surface area contributed by atoms with Crippen molar-refractivity contribution in [2.45, 2.75) is 143 Å². The van der Waals surface area contributed by atoms with Crippen LogP contribution in [-0.2, 0) is 48.9 Å². The second-order valence-corrected chi connectivity index (χ2v) is 19.3. The summed E-state index contributed by atoms with van der Waals surface area (Å²) in [5.74, 6) is 2.11. The zero-order valence-corrected chi connectivity index (χ0v) is 40.9. The van der Waals surface area contributed by atoms with Gasteiger partial charge in [-0.25, -0.2) is 0 Å². The smallest absolute Gasteiger partial charge is 0.397 e. The number of hydrogen-bond acceptors (Lipinski definition) is 13. The van der Waals surface area contributed by atoms with E-state index in [0.29, 0.717) is 59.3 Å². The Kier molecular flexibility index (Phi) is 20.8. The van der Waals surface area contributed by atoms with Crippen molar-refractivity contribution in [1.82, 2.24) is 0 Å². The molecule has 2 bridgehead atoms. The molecule has 2 aromatic rings. The molecular weight excluding hydrogens is 851 g/mol. The Morgan fingerprint density at radius 1 is 1.00 bits per heavy atom. The first-order chi connectivity index (χ1) is 29.8. The maximum absolute atomic E-state index is 11.3. The molecular formula is C48H72ClO13P. The molecule has 3 saturated carbocycles. The number of hydrogen-bond donors (Lipinski definition) is 2. The van der Waals surface area contributed by atoms with E-state index in [9.17, 15) is 9.90 Å². The van der Waals surface area contributed by atoms with Crippen LogP contribution in [0.1, 0.15) is 111 Å². The zero-order chi connectivity index (χ0) is 46.5. The number of carbonyl (C=O) groups excluding carboxylic acids is 1. The number of benzene rings is 2. The summed E-state index contributed by atoms with van der Waals surface area (Å²) in [5, 5.41) is 19.1. The lowest BCUT2D eigenvalue weighted by Crippen LogP contribution is -2.48. The van der Waals surface area contributed by atoms with E-state index in [4.69, 9.17) is 54.0 Å². The van der Waals surface area contributed by atoms with E-state index in [1.54, 1.807) is 48.2 Å². The fourth-order valence-corrected chi connectivity index (χ4v) is 10.5. The molecule has 63 heavy (non-hydrogen) atoms. The minimum Gasteiger partial charge on any atom is -0.496 e. The highest BCUT2D eigenvalue weighted by Gasteiger charge is 2.52. The van der Waals surface area contributed by atoms with Crippen LogP contribution < -0.4 is 9.26 Å². The van der Waals surface area contributed by atoms with Gasteiger partial charge in [-0.05, 0) is 132 Å². The van der Waals surface area contributed by atoms with Crippen molar-refractivity contribution in [3.63, 3.8) is 0 Å². The molecule has 3 aliphatic carbocycles. The van der Waals surface area contributed by atoms with Gasteiger partial charge in [0.1, 0.15) is 36.3 Å². The van der Waals surface area contributed by atoms with Crippen molar-refractivity contribution < 1.29 is 61.7 Å². The topological polar surface area (TPSA) is 150 Å². The summed E-state index contributed by atoms with van der Waals surface area (Å²) in [4.78, 5) is 11.3. The maximum atomic E-state index is 11.3. The Hall–Kier alpha value is -2.65. The summed E-state index contributed by atoms with van der Waals surface area (Å²) < 4.78 is 57.9. The third-order valence-electron chi connectivity index (χ3n) is 11.2. The zero-order valence-electron chi connectivity index (χ0n) is 39.3. The minimum absolute atomic E-state index is 0.221. The summed E-state index contributed by atoms with van der Waals surface area (Å²) in [6, 6.07) is 11.4. The molecule has 1 aliphatic heterocycles. The van der Waals surface area contributed by atoms with Crippen LogP contribution in [-0.4, -0.2) is 93.8 Å². The van der Waals surface area contributed by atoms with Gasteiger partial charge in [-0.15, -0.1) is 0 Å². The first kappa shape index (κ1) is 53.0. The molecule has 2 aromatic carbocycles. The van der Waals surface area contributed by atoms with E-state index in [2.05, 4.69) is 23.3 Å². The number of ether oxygens (including phenoxy) is 7. The van der Waals surface area contributed by atoms with Gasteiger partial charge in [0.15, 0.2) is 17.9 Å². The minimum atomic E-state index is -1.81. The van der Waals surface area contributed by atoms with E-state index in [-0.39, 0.29) is 24.9 Å². The van der Waals surface area contributed by atoms with E-state index < -0.39 is 32.6 Å². The van der Waals surface area contributed by atoms with E-state index in [1.165, 1.54) is 31.6 Å². The predicted octanol–water partition coefficient (Wildman–Crippen LogP) is 10.3. The van der Waals surface area contributed by atoms with Crippen molar-refractivity contribution >= 4 is 38.3 Å². The van der Waals surface area contributed by atoms with Crippen LogP contribution in [0.4, 0.5) is 0 Å². The molecule has 354 valence electrons. The van der Waals surface area contributed by atoms with Gasteiger partial charge in [0.2, 0.25) is 0 Å². The summed E-state index contributed by atoms with van der Waals surface area (Å²) in [7, 11) is 4.70. The average molecular weight is 924 g/mol. The fraction of sp³-hybridized carbons (Fsp3) is 0.646. The van der Waals surface area contributed by atoms with Crippen molar-refractivity contribution in [3.05, 3.63) is 69.8 Å². The molecule has 0 spiro atoms. The molecule has 10 atom stereocenters. The Labute approximate surface area is 381 Å². The Balaban J connectivity index is 0.000000881. The highest BCUT2D eigenvalue weighted by atomic mass is 35.5. The molecule has 6 rings (SSSR count). The Bertz CT molecular complexity index is 1770. The molecule has 0 amide bonds. The van der Waals surface area contributed by atoms with Crippen LogP contribution in [0.5, 0.6) is 11.5 Å². The van der Waals surface area contributed by atoms with Gasteiger partial charge in [0, 0.05) is 51.9 Å². The lowest BCUT2D eigenvalue weighted by Gasteiger charge is -2.43. The summed E-state index contributed by atoms with van der Waals surface area (Å²) in [6.45, 7) is 15.9. The fourth-order valence-electron chi connectivity index (χ4n) is 9.24. The van der Waals surface area contributed by atoms with Gasteiger partial charge in [-0.2, -0.15) is 0 Å². The van der Waals surface area contributed by atoms with Crippen LogP contribution in [0.3, 0.4) is 0 Å². The lowest BCUT2D eigenvalue weighted by atomic mass is 9.62. The van der Waals surface area contributed by atoms with Crippen molar-refractivity contribution in [2.24, 2.45) is 23.7 Å².